The van der Waals surface area contributed by atoms with Crippen molar-refractivity contribution in [1.82, 2.24) is 15.5 Å². The van der Waals surface area contributed by atoms with Gasteiger partial charge >= 0.3 is 53.7 Å². The maximum Gasteiger partial charge on any atom is 0.320 e. The number of anilines is 2. The monoisotopic (exact) mass is 1700 g/mol. The van der Waals surface area contributed by atoms with E-state index in [-0.39, 0.29) is 82.1 Å². The van der Waals surface area contributed by atoms with E-state index in [1.807, 2.05) is 69.2 Å². The number of benzene rings is 2. The number of carboxylic acids is 3. The molecular formula is C85H136N6O29. The molecule has 0 aromatic heterocycles. The van der Waals surface area contributed by atoms with E-state index in [9.17, 15) is 82.4 Å². The molecule has 35 heteroatoms. The second-order valence-corrected chi connectivity index (χ2v) is 31.1. The molecule has 18 unspecified atom stereocenters. The number of aliphatic hydroxyl groups excluding tert-OH is 2. The topological polar surface area (TPSA) is 492 Å². The van der Waals surface area contributed by atoms with E-state index in [4.69, 9.17) is 58.6 Å². The Morgan fingerprint density at radius 1 is 0.517 bits per heavy atom. The van der Waals surface area contributed by atoms with Gasteiger partial charge in [0.05, 0.1) is 121 Å². The summed E-state index contributed by atoms with van der Waals surface area (Å²) in [5.74, 6) is -29.3. The number of Topliss-reactive ketones (excluding diaryl/α,β-unsaturated/α-hetero) is 1. The molecule has 0 bridgehead atoms. The lowest BCUT2D eigenvalue weighted by Gasteiger charge is -2.37. The molecule has 35 nitrogen and oxygen atoms in total. The third kappa shape index (κ3) is 33.1. The number of likely N-dealkylation sites (tertiary alicyclic amines) is 1. The summed E-state index contributed by atoms with van der Waals surface area (Å²) in [6, 6.07) is 14.3. The molecule has 0 aliphatic carbocycles. The van der Waals surface area contributed by atoms with Crippen LogP contribution in [0.1, 0.15) is 155 Å². The quantitative estimate of drug-likeness (QED) is 0.00939. The van der Waals surface area contributed by atoms with Crippen LogP contribution in [0.3, 0.4) is 0 Å². The Bertz CT molecular complexity index is 3550. The van der Waals surface area contributed by atoms with Crippen LogP contribution in [0.25, 0.3) is 0 Å². The van der Waals surface area contributed by atoms with Gasteiger partial charge in [0.2, 0.25) is 17.7 Å². The average Bonchev–Trinajstić information content (AvgIpc) is 1.59. The summed E-state index contributed by atoms with van der Waals surface area (Å²) in [5.41, 5.74) is 8.16. The largest absolute Gasteiger partial charge is 0.481 e. The number of hydrogen-bond acceptors (Lipinski definition) is 29. The van der Waals surface area contributed by atoms with Gasteiger partial charge in [0.15, 0.2) is 5.78 Å². The van der Waals surface area contributed by atoms with Gasteiger partial charge in [-0.05, 0) is 132 Å². The van der Waals surface area contributed by atoms with Crippen molar-refractivity contribution in [2.24, 2.45) is 94.5 Å². The molecule has 2 aromatic rings. The summed E-state index contributed by atoms with van der Waals surface area (Å²) in [6.45, 7) is 21.2. The number of carbonyl (C=O) groups is 14. The van der Waals surface area contributed by atoms with E-state index < -0.39 is 199 Å². The number of imide groups is 1. The zero-order valence-electron chi connectivity index (χ0n) is 74.0. The highest BCUT2D eigenvalue weighted by molar-refractivity contribution is 6.06. The minimum absolute atomic E-state index is 0.000603. The van der Waals surface area contributed by atoms with Crippen LogP contribution in [-0.4, -0.2) is 274 Å². The first-order valence-electron chi connectivity index (χ1n) is 40.7. The van der Waals surface area contributed by atoms with Crippen molar-refractivity contribution in [3.05, 3.63) is 59.7 Å². The van der Waals surface area contributed by atoms with Crippen molar-refractivity contribution >= 4 is 94.5 Å². The molecule has 0 saturated carbocycles. The fourth-order valence-corrected chi connectivity index (χ4v) is 14.3. The molecule has 3 heterocycles. The first kappa shape index (κ1) is 109. The van der Waals surface area contributed by atoms with Crippen molar-refractivity contribution < 1.29 is 140 Å². The van der Waals surface area contributed by atoms with Crippen molar-refractivity contribution in [3.63, 3.8) is 0 Å². The molecule has 3 aliphatic rings. The summed E-state index contributed by atoms with van der Waals surface area (Å²) in [5, 5.41) is 54.5. The van der Waals surface area contributed by atoms with Gasteiger partial charge < -0.3 is 99.1 Å². The first-order valence-corrected chi connectivity index (χ1v) is 40.7. The minimum Gasteiger partial charge on any atom is -0.481 e. The van der Waals surface area contributed by atoms with Crippen LogP contribution in [0.15, 0.2) is 48.5 Å². The maximum atomic E-state index is 14.8. The number of aliphatic hydroxyl groups is 2. The van der Waals surface area contributed by atoms with Crippen molar-refractivity contribution in [2.75, 3.05) is 133 Å². The van der Waals surface area contributed by atoms with Gasteiger partial charge in [-0.15, -0.1) is 0 Å². The molecule has 9 N–H and O–H groups in total. The summed E-state index contributed by atoms with van der Waals surface area (Å²) >= 11 is 0. The first-order chi connectivity index (χ1) is 56.5. The van der Waals surface area contributed by atoms with Gasteiger partial charge in [0.25, 0.3) is 5.91 Å². The lowest BCUT2D eigenvalue weighted by atomic mass is 9.73. The Morgan fingerprint density at radius 3 is 1.31 bits per heavy atom. The fraction of sp³-hybridized carbons (Fsp3) is 0.694. The fourth-order valence-electron chi connectivity index (χ4n) is 14.3. The molecule has 3 fully saturated rings. The number of ketones is 1. The van der Waals surface area contributed by atoms with Gasteiger partial charge in [-0.3, -0.25) is 72.0 Å². The lowest BCUT2D eigenvalue weighted by Crippen LogP contribution is -2.50. The highest BCUT2D eigenvalue weighted by Crippen LogP contribution is 2.43. The summed E-state index contributed by atoms with van der Waals surface area (Å²) in [4.78, 5) is 190. The number of carbonyl (C=O) groups excluding carboxylic acids is 11. The Morgan fingerprint density at radius 2 is 0.942 bits per heavy atom. The molecule has 3 saturated heterocycles. The lowest BCUT2D eigenvalue weighted by molar-refractivity contribution is -0.169. The molecule has 120 heavy (non-hydrogen) atoms. The smallest absolute Gasteiger partial charge is 0.320 e. The average molecular weight is 1710 g/mol. The van der Waals surface area contributed by atoms with Crippen LogP contribution >= 0.6 is 0 Å². The molecule has 2 aromatic carbocycles. The van der Waals surface area contributed by atoms with E-state index in [2.05, 4.69) is 29.2 Å². The zero-order chi connectivity index (χ0) is 91.7. The Hall–Kier alpha value is -8.94. The van der Waals surface area contributed by atoms with Crippen molar-refractivity contribution in [1.29, 1.82) is 0 Å². The normalized spacial score (nSPS) is 19.9. The SMILES string of the molecule is CC(C)CN.CCC(OC)C1C(=O)OC(=O)C1C.CCO.CCOC(=O)C(C(CC(C(=O)O)C(C(=O)NCC(C)C)C(CC1C(=O)N(CC(C)C)C(=O)C1C(CC(C(=O)O)C(C(=O)OCCNC(=O)c1ccc(N(C)C)cc1)C(CC)OC)OC)OC)OC)C(CC(OC)C1C(=O)OC(=O)C1C)C(=O)O.CN(C)c1ccc(C(=O)CCCO)cc1. The molecule has 4 amide bonds. The number of rotatable bonds is 47. The maximum absolute atomic E-state index is 14.8. The van der Waals surface area contributed by atoms with Gasteiger partial charge in [0.1, 0.15) is 6.61 Å². The minimum atomic E-state index is -1.93. The van der Waals surface area contributed by atoms with Crippen molar-refractivity contribution in [2.45, 2.75) is 171 Å². The number of hydrogen-bond donors (Lipinski definition) is 8. The van der Waals surface area contributed by atoms with Crippen LogP contribution < -0.4 is 26.2 Å². The number of esters is 6. The van der Waals surface area contributed by atoms with E-state index >= 15 is 0 Å². The zero-order valence-corrected chi connectivity index (χ0v) is 74.0. The molecule has 0 spiro atoms. The predicted octanol–water partition coefficient (Wildman–Crippen LogP) is 6.00. The van der Waals surface area contributed by atoms with Crippen LogP contribution in [0.5, 0.6) is 0 Å². The van der Waals surface area contributed by atoms with Gasteiger partial charge in [-0.2, -0.15) is 0 Å². The highest BCUT2D eigenvalue weighted by Gasteiger charge is 2.57. The second-order valence-electron chi connectivity index (χ2n) is 31.1. The number of amides is 4. The highest BCUT2D eigenvalue weighted by atomic mass is 16.6. The third-order valence-electron chi connectivity index (χ3n) is 20.9. The number of nitrogens with one attached hydrogen (secondary N) is 2. The Balaban J connectivity index is 0.00000162. The number of nitrogens with zero attached hydrogens (tertiary/aromatic N) is 3. The van der Waals surface area contributed by atoms with E-state index in [0.29, 0.717) is 36.3 Å². The van der Waals surface area contributed by atoms with Crippen LogP contribution in [0.4, 0.5) is 11.4 Å². The van der Waals surface area contributed by atoms with Gasteiger partial charge in [-0.1, -0.05) is 69.2 Å². The number of carboxylic acid groups (broad SMARTS) is 3. The van der Waals surface area contributed by atoms with Crippen LogP contribution in [-0.2, 0) is 105 Å². The Labute approximate surface area is 705 Å². The standard InChI is InChI=1S/C58H88N4O22.C12H17NO2.C9H14O4.C4H11N.C2H6O/c1-15-38(77-10)46(57(75)83-22-21-59-48(63)32-17-19-33(20-18-32)61(8)9)36(53(69)70)26-41(80-13)45-34(50(65)62(51(45)66)28-30(5)6)23-40(79-12)44(49(64)60-27-29(3)4)35(52(67)68)24-42(81-14)47(56(74)82-16-2)37(54(71)72)25-39(78-11)43-31(7)55(73)84-58(43)76;1-13(2)11-7-5-10(6-8-11)12(15)4-3-9-14;1-4-6(12-3)7-5(2)8(10)13-9(7)11;1-4(2)3-5;1-2-3/h17-20,29-31,34-47H,15-16,21-28H2,1-14H3,(H,59,63)(H,60,64)(H,67,68)(H,69,70)(H,71,72);5-8,14H,3-4,9H2,1-2H3;5-7H,4H2,1-3H3;4H,3,5H2,1-2H3;3H,2H2,1H3. The summed E-state index contributed by atoms with van der Waals surface area (Å²) in [6.07, 6.45) is -8.16. The number of cyclic esters (lactones) is 4. The second kappa shape index (κ2) is 55.9. The summed E-state index contributed by atoms with van der Waals surface area (Å²) < 4.78 is 54.3. The van der Waals surface area contributed by atoms with Crippen molar-refractivity contribution in [3.8, 4) is 0 Å². The van der Waals surface area contributed by atoms with Gasteiger partial charge in [0, 0.05) is 126 Å². The number of nitrogens with two attached hydrogens (primary N) is 1. The van der Waals surface area contributed by atoms with E-state index in [1.54, 1.807) is 72.7 Å². The Kier molecular flexibility index (Phi) is 50.8. The van der Waals surface area contributed by atoms with E-state index in [0.717, 1.165) is 44.1 Å². The summed E-state index contributed by atoms with van der Waals surface area (Å²) in [7, 11) is 15.0. The molecule has 3 aliphatic heterocycles. The molecule has 18 atom stereocenters. The molecule has 680 valence electrons. The number of aliphatic carboxylic acids is 3. The van der Waals surface area contributed by atoms with E-state index in [1.165, 1.54) is 35.2 Å². The van der Waals surface area contributed by atoms with Crippen LogP contribution in [0, 0.1) is 88.8 Å². The third-order valence-corrected chi connectivity index (χ3v) is 20.9. The van der Waals surface area contributed by atoms with Crippen LogP contribution in [0.2, 0.25) is 0 Å². The number of ether oxygens (including phenoxy) is 10. The predicted molar refractivity (Wildman–Crippen MR) is 440 cm³/mol. The number of methoxy groups -OCH3 is 6. The molecular weight excluding hydrogens is 1570 g/mol. The van der Waals surface area contributed by atoms with Gasteiger partial charge in [-0.25, -0.2) is 0 Å². The molecule has 0 radical (unpaired) electrons. The molecule has 5 rings (SSSR count).